The molecule has 0 aliphatic carbocycles. The average Bonchev–Trinajstić information content (AvgIpc) is 2.49. The summed E-state index contributed by atoms with van der Waals surface area (Å²) in [4.78, 5) is 22.6. The Kier molecular flexibility index (Phi) is 5.30. The third-order valence-corrected chi connectivity index (χ3v) is 4.52. The fourth-order valence-electron chi connectivity index (χ4n) is 2.51. The number of halogens is 1. The zero-order valence-corrected chi connectivity index (χ0v) is 13.4. The fraction of sp³-hybridized carbons (Fsp3) is 0.500. The second kappa shape index (κ2) is 7.00. The summed E-state index contributed by atoms with van der Waals surface area (Å²) in [7, 11) is 0. The Hall–Kier alpha value is -1.47. The number of hydrogen-bond donors (Lipinski definition) is 2. The van der Waals surface area contributed by atoms with Crippen molar-refractivity contribution < 1.29 is 9.72 Å². The number of carbonyl (C=O) groups is 1. The highest BCUT2D eigenvalue weighted by Gasteiger charge is 2.26. The second-order valence-corrected chi connectivity index (χ2v) is 6.07. The molecule has 1 amide bonds. The highest BCUT2D eigenvalue weighted by Crippen LogP contribution is 2.28. The van der Waals surface area contributed by atoms with Crippen LogP contribution in [0.4, 0.5) is 11.4 Å². The lowest BCUT2D eigenvalue weighted by atomic mass is 9.90. The van der Waals surface area contributed by atoms with Crippen molar-refractivity contribution in [3.63, 3.8) is 0 Å². The number of nitro benzene ring substituents is 1. The van der Waals surface area contributed by atoms with Crippen molar-refractivity contribution in [1.29, 1.82) is 0 Å². The van der Waals surface area contributed by atoms with Crippen molar-refractivity contribution in [3.05, 3.63) is 32.8 Å². The lowest BCUT2D eigenvalue weighted by molar-refractivity contribution is -0.384. The zero-order valence-electron chi connectivity index (χ0n) is 11.8. The summed E-state index contributed by atoms with van der Waals surface area (Å²) in [6, 6.07) is 4.08. The summed E-state index contributed by atoms with van der Waals surface area (Å²) in [6.45, 7) is 2.95. The Balaban J connectivity index is 2.08. The molecular weight excluding hydrogens is 338 g/mol. The SMILES string of the molecule is CCC1CCNC(C(=O)Nc2cc([N+](=O)[O-])ccc2Br)C1. The van der Waals surface area contributed by atoms with Crippen LogP contribution in [-0.2, 0) is 4.79 Å². The van der Waals surface area contributed by atoms with Crippen LogP contribution in [-0.4, -0.2) is 23.4 Å². The maximum absolute atomic E-state index is 12.3. The van der Waals surface area contributed by atoms with E-state index in [1.54, 1.807) is 6.07 Å². The van der Waals surface area contributed by atoms with Crippen LogP contribution in [0.1, 0.15) is 26.2 Å². The van der Waals surface area contributed by atoms with Crippen molar-refractivity contribution in [2.75, 3.05) is 11.9 Å². The number of amides is 1. The molecule has 114 valence electrons. The third kappa shape index (κ3) is 4.01. The molecule has 7 heteroatoms. The first kappa shape index (κ1) is 15.9. The number of nitro groups is 1. The van der Waals surface area contributed by atoms with Crippen LogP contribution in [0.5, 0.6) is 0 Å². The average molecular weight is 356 g/mol. The maximum Gasteiger partial charge on any atom is 0.271 e. The molecule has 0 spiro atoms. The van der Waals surface area contributed by atoms with Gasteiger partial charge in [-0.3, -0.25) is 14.9 Å². The number of anilines is 1. The molecular formula is C14H18BrN3O3. The molecule has 2 rings (SSSR count). The lowest BCUT2D eigenvalue weighted by Gasteiger charge is -2.28. The Morgan fingerprint density at radius 3 is 3.00 bits per heavy atom. The lowest BCUT2D eigenvalue weighted by Crippen LogP contribution is -2.46. The van der Waals surface area contributed by atoms with E-state index in [4.69, 9.17) is 0 Å². The number of benzene rings is 1. The van der Waals surface area contributed by atoms with Crippen molar-refractivity contribution in [3.8, 4) is 0 Å². The second-order valence-electron chi connectivity index (χ2n) is 5.22. The highest BCUT2D eigenvalue weighted by atomic mass is 79.9. The number of carbonyl (C=O) groups excluding carboxylic acids is 1. The highest BCUT2D eigenvalue weighted by molar-refractivity contribution is 9.10. The first-order valence-corrected chi connectivity index (χ1v) is 7.78. The Labute approximate surface area is 131 Å². The molecule has 1 heterocycles. The van der Waals surface area contributed by atoms with E-state index < -0.39 is 4.92 Å². The first-order chi connectivity index (χ1) is 10.0. The van der Waals surface area contributed by atoms with Crippen LogP contribution in [0, 0.1) is 16.0 Å². The van der Waals surface area contributed by atoms with E-state index in [1.807, 2.05) is 0 Å². The van der Waals surface area contributed by atoms with Crippen LogP contribution < -0.4 is 10.6 Å². The van der Waals surface area contributed by atoms with E-state index in [9.17, 15) is 14.9 Å². The Bertz CT molecular complexity index is 550. The summed E-state index contributed by atoms with van der Waals surface area (Å²) < 4.78 is 0.629. The first-order valence-electron chi connectivity index (χ1n) is 6.99. The van der Waals surface area contributed by atoms with Gasteiger partial charge in [0.15, 0.2) is 0 Å². The van der Waals surface area contributed by atoms with E-state index in [0.29, 0.717) is 16.1 Å². The van der Waals surface area contributed by atoms with Crippen LogP contribution in [0.15, 0.2) is 22.7 Å². The van der Waals surface area contributed by atoms with Gasteiger partial charge in [0, 0.05) is 16.6 Å². The van der Waals surface area contributed by atoms with Crippen LogP contribution >= 0.6 is 15.9 Å². The summed E-state index contributed by atoms with van der Waals surface area (Å²) in [5.41, 5.74) is 0.381. The smallest absolute Gasteiger partial charge is 0.271 e. The molecule has 1 saturated heterocycles. The molecule has 0 aromatic heterocycles. The number of hydrogen-bond acceptors (Lipinski definition) is 4. The largest absolute Gasteiger partial charge is 0.323 e. The summed E-state index contributed by atoms with van der Waals surface area (Å²) >= 11 is 3.30. The molecule has 0 radical (unpaired) electrons. The predicted molar refractivity (Wildman–Crippen MR) is 84.2 cm³/mol. The molecule has 6 nitrogen and oxygen atoms in total. The molecule has 1 aromatic carbocycles. The number of piperidine rings is 1. The van der Waals surface area contributed by atoms with Crippen LogP contribution in [0.25, 0.3) is 0 Å². The van der Waals surface area contributed by atoms with Gasteiger partial charge in [-0.1, -0.05) is 13.3 Å². The van der Waals surface area contributed by atoms with E-state index in [0.717, 1.165) is 25.8 Å². The normalized spacial score (nSPS) is 21.8. The molecule has 2 N–H and O–H groups in total. The third-order valence-electron chi connectivity index (χ3n) is 3.82. The number of nitrogens with zero attached hydrogens (tertiary/aromatic N) is 1. The molecule has 0 bridgehead atoms. The summed E-state index contributed by atoms with van der Waals surface area (Å²) in [5, 5.41) is 16.8. The van der Waals surface area contributed by atoms with Gasteiger partial charge >= 0.3 is 0 Å². The van der Waals surface area contributed by atoms with E-state index in [-0.39, 0.29) is 17.6 Å². The van der Waals surface area contributed by atoms with Gasteiger partial charge in [-0.15, -0.1) is 0 Å². The van der Waals surface area contributed by atoms with Gasteiger partial charge in [0.05, 0.1) is 16.7 Å². The number of non-ortho nitro benzene ring substituents is 1. The Morgan fingerprint density at radius 1 is 1.57 bits per heavy atom. The van der Waals surface area contributed by atoms with Gasteiger partial charge in [-0.25, -0.2) is 0 Å². The molecule has 21 heavy (non-hydrogen) atoms. The number of rotatable bonds is 4. The van der Waals surface area contributed by atoms with E-state index in [1.165, 1.54) is 12.1 Å². The number of nitrogens with one attached hydrogen (secondary N) is 2. The summed E-state index contributed by atoms with van der Waals surface area (Å²) in [5.74, 6) is 0.407. The van der Waals surface area contributed by atoms with Crippen LogP contribution in [0.2, 0.25) is 0 Å². The molecule has 2 unspecified atom stereocenters. The van der Waals surface area contributed by atoms with Crippen molar-refractivity contribution in [1.82, 2.24) is 5.32 Å². The van der Waals surface area contributed by atoms with Gasteiger partial charge in [-0.05, 0) is 47.3 Å². The van der Waals surface area contributed by atoms with Gasteiger partial charge in [0.25, 0.3) is 5.69 Å². The van der Waals surface area contributed by atoms with Crippen molar-refractivity contribution in [2.24, 2.45) is 5.92 Å². The van der Waals surface area contributed by atoms with Crippen LogP contribution in [0.3, 0.4) is 0 Å². The molecule has 1 aliphatic rings. The monoisotopic (exact) mass is 355 g/mol. The maximum atomic E-state index is 12.3. The minimum absolute atomic E-state index is 0.0449. The molecule has 1 fully saturated rings. The van der Waals surface area contributed by atoms with Crippen molar-refractivity contribution in [2.45, 2.75) is 32.2 Å². The van der Waals surface area contributed by atoms with E-state index >= 15 is 0 Å². The van der Waals surface area contributed by atoms with Gasteiger partial charge in [-0.2, -0.15) is 0 Å². The van der Waals surface area contributed by atoms with Gasteiger partial charge < -0.3 is 10.6 Å². The molecule has 1 aliphatic heterocycles. The van der Waals surface area contributed by atoms with Gasteiger partial charge in [0.1, 0.15) is 0 Å². The molecule has 0 saturated carbocycles. The molecule has 2 atom stereocenters. The van der Waals surface area contributed by atoms with E-state index in [2.05, 4.69) is 33.5 Å². The Morgan fingerprint density at radius 2 is 2.33 bits per heavy atom. The topological polar surface area (TPSA) is 84.3 Å². The molecule has 1 aromatic rings. The van der Waals surface area contributed by atoms with Crippen molar-refractivity contribution >= 4 is 33.2 Å². The van der Waals surface area contributed by atoms with Gasteiger partial charge in [0.2, 0.25) is 5.91 Å². The predicted octanol–water partition coefficient (Wildman–Crippen LogP) is 3.07. The summed E-state index contributed by atoms with van der Waals surface area (Å²) in [6.07, 6.45) is 2.95. The standard InChI is InChI=1S/C14H18BrN3O3/c1-2-9-5-6-16-13(7-9)14(19)17-12-8-10(18(20)21)3-4-11(12)15/h3-4,8-9,13,16H,2,5-7H2,1H3,(H,17,19). The zero-order chi connectivity index (χ0) is 15.4. The minimum atomic E-state index is -0.478. The quantitative estimate of drug-likeness (QED) is 0.641. The fourth-order valence-corrected chi connectivity index (χ4v) is 2.85. The minimum Gasteiger partial charge on any atom is -0.323 e.